The van der Waals surface area contributed by atoms with Gasteiger partial charge in [0, 0.05) is 13.5 Å². The van der Waals surface area contributed by atoms with Crippen molar-refractivity contribution in [1.82, 2.24) is 10.2 Å². The van der Waals surface area contributed by atoms with Crippen LogP contribution in [0.15, 0.2) is 72.8 Å². The zero-order valence-electron chi connectivity index (χ0n) is 16.7. The predicted octanol–water partition coefficient (Wildman–Crippen LogP) is 2.85. The van der Waals surface area contributed by atoms with Crippen molar-refractivity contribution < 1.29 is 14.4 Å². The van der Waals surface area contributed by atoms with Gasteiger partial charge < -0.3 is 10.6 Å². The summed E-state index contributed by atoms with van der Waals surface area (Å²) in [5.41, 5.74) is 6.97. The van der Waals surface area contributed by atoms with Crippen LogP contribution in [0.5, 0.6) is 0 Å². The SMILES string of the molecule is CN(C(=O)[CH]Cc1ccc2ccccc2c1)[C@H](Cc1ccccc1)C(=O)NC(N)=O. The molecule has 3 rings (SSSR count). The molecule has 4 amide bonds. The summed E-state index contributed by atoms with van der Waals surface area (Å²) in [5, 5.41) is 4.32. The summed E-state index contributed by atoms with van der Waals surface area (Å²) in [6.07, 6.45) is 2.25. The molecule has 6 heteroatoms. The van der Waals surface area contributed by atoms with Gasteiger partial charge in [-0.05, 0) is 28.3 Å². The molecule has 6 nitrogen and oxygen atoms in total. The second-order valence-corrected chi connectivity index (χ2v) is 7.10. The van der Waals surface area contributed by atoms with Crippen molar-refractivity contribution in [2.24, 2.45) is 5.73 Å². The molecule has 3 N–H and O–H groups in total. The van der Waals surface area contributed by atoms with Crippen LogP contribution >= 0.6 is 0 Å². The second kappa shape index (κ2) is 9.69. The summed E-state index contributed by atoms with van der Waals surface area (Å²) in [6.45, 7) is 0. The third-order valence-corrected chi connectivity index (χ3v) is 4.96. The molecule has 3 aromatic carbocycles. The molecule has 0 aliphatic rings. The Morgan fingerprint density at radius 3 is 2.30 bits per heavy atom. The lowest BCUT2D eigenvalue weighted by molar-refractivity contribution is -0.136. The number of nitrogens with zero attached hydrogens (tertiary/aromatic N) is 1. The molecule has 3 aromatic rings. The van der Waals surface area contributed by atoms with Gasteiger partial charge in [-0.3, -0.25) is 14.9 Å². The number of carbonyl (C=O) groups excluding carboxylic acids is 3. The Balaban J connectivity index is 1.70. The standard InChI is InChI=1S/C24H24N3O3/c1-27(21(23(29)26-24(25)30)16-17-7-3-2-4-8-17)22(28)14-12-18-11-13-19-9-5-6-10-20(19)15-18/h2-11,13-15,21H,12,16H2,1H3,(H3,25,26,29,30)/t21-/m1/s1. The van der Waals surface area contributed by atoms with Gasteiger partial charge in [0.25, 0.3) is 5.91 Å². The smallest absolute Gasteiger partial charge is 0.318 e. The molecular formula is C24H24N3O3. The monoisotopic (exact) mass is 402 g/mol. The quantitative estimate of drug-likeness (QED) is 0.636. The second-order valence-electron chi connectivity index (χ2n) is 7.10. The van der Waals surface area contributed by atoms with Crippen molar-refractivity contribution in [3.05, 3.63) is 90.3 Å². The maximum absolute atomic E-state index is 12.8. The minimum absolute atomic E-state index is 0.270. The molecule has 0 heterocycles. The summed E-state index contributed by atoms with van der Waals surface area (Å²) < 4.78 is 0. The van der Waals surface area contributed by atoms with Crippen LogP contribution in [0.1, 0.15) is 11.1 Å². The Hall–Kier alpha value is -3.67. The fraction of sp³-hybridized carbons (Fsp3) is 0.167. The zero-order chi connectivity index (χ0) is 21.5. The van der Waals surface area contributed by atoms with Crippen LogP contribution in [-0.4, -0.2) is 35.8 Å². The first-order valence-electron chi connectivity index (χ1n) is 9.66. The average Bonchev–Trinajstić information content (AvgIpc) is 2.75. The topological polar surface area (TPSA) is 92.5 Å². The van der Waals surface area contributed by atoms with Crippen molar-refractivity contribution in [3.63, 3.8) is 0 Å². The van der Waals surface area contributed by atoms with Gasteiger partial charge in [0.1, 0.15) is 6.04 Å². The van der Waals surface area contributed by atoms with Crippen molar-refractivity contribution in [1.29, 1.82) is 0 Å². The van der Waals surface area contributed by atoms with Crippen LogP contribution in [0.4, 0.5) is 4.79 Å². The maximum atomic E-state index is 12.8. The van der Waals surface area contributed by atoms with Gasteiger partial charge in [-0.1, -0.05) is 72.8 Å². The summed E-state index contributed by atoms with van der Waals surface area (Å²) in [5.74, 6) is -0.912. The fourth-order valence-electron chi connectivity index (χ4n) is 3.32. The first kappa shape index (κ1) is 21.0. The number of rotatable bonds is 7. The number of primary amides is 1. The first-order valence-corrected chi connectivity index (χ1v) is 9.66. The molecule has 0 saturated heterocycles. The molecular weight excluding hydrogens is 378 g/mol. The Labute approximate surface area is 175 Å². The van der Waals surface area contributed by atoms with Crippen LogP contribution in [0, 0.1) is 6.42 Å². The molecule has 153 valence electrons. The van der Waals surface area contributed by atoms with Gasteiger partial charge in [-0.15, -0.1) is 0 Å². The van der Waals surface area contributed by atoms with Gasteiger partial charge in [-0.2, -0.15) is 0 Å². The van der Waals surface area contributed by atoms with Crippen LogP contribution in [0.25, 0.3) is 10.8 Å². The molecule has 1 atom stereocenters. The van der Waals surface area contributed by atoms with E-state index in [9.17, 15) is 14.4 Å². The Kier molecular flexibility index (Phi) is 6.80. The highest BCUT2D eigenvalue weighted by Gasteiger charge is 2.28. The highest BCUT2D eigenvalue weighted by Crippen LogP contribution is 2.17. The van der Waals surface area contributed by atoms with Crippen molar-refractivity contribution in [3.8, 4) is 0 Å². The molecule has 0 spiro atoms. The number of hydrogen-bond acceptors (Lipinski definition) is 3. The van der Waals surface area contributed by atoms with Crippen molar-refractivity contribution in [2.75, 3.05) is 7.05 Å². The van der Waals surface area contributed by atoms with E-state index in [1.54, 1.807) is 13.5 Å². The minimum Gasteiger partial charge on any atom is -0.351 e. The average molecular weight is 402 g/mol. The van der Waals surface area contributed by atoms with Crippen LogP contribution in [-0.2, 0) is 22.4 Å². The number of carbonyl (C=O) groups is 3. The molecule has 0 unspecified atom stereocenters. The van der Waals surface area contributed by atoms with Gasteiger partial charge >= 0.3 is 6.03 Å². The van der Waals surface area contributed by atoms with E-state index in [2.05, 4.69) is 5.32 Å². The summed E-state index contributed by atoms with van der Waals surface area (Å²) in [4.78, 5) is 37.8. The Bertz CT molecular complexity index is 1050. The number of imide groups is 1. The number of amides is 4. The van der Waals surface area contributed by atoms with E-state index in [0.717, 1.165) is 21.9 Å². The summed E-state index contributed by atoms with van der Waals surface area (Å²) in [7, 11) is 1.55. The van der Waals surface area contributed by atoms with Gasteiger partial charge in [0.2, 0.25) is 5.91 Å². The van der Waals surface area contributed by atoms with Crippen LogP contribution in [0.2, 0.25) is 0 Å². The van der Waals surface area contributed by atoms with Crippen LogP contribution < -0.4 is 11.1 Å². The number of nitrogens with one attached hydrogen (secondary N) is 1. The largest absolute Gasteiger partial charge is 0.351 e. The van der Waals surface area contributed by atoms with E-state index in [1.165, 1.54) is 4.90 Å². The third-order valence-electron chi connectivity index (χ3n) is 4.96. The highest BCUT2D eigenvalue weighted by molar-refractivity contribution is 5.99. The first-order chi connectivity index (χ1) is 14.4. The van der Waals surface area contributed by atoms with E-state index in [4.69, 9.17) is 5.73 Å². The highest BCUT2D eigenvalue weighted by atomic mass is 16.2. The van der Waals surface area contributed by atoms with Gasteiger partial charge in [0.05, 0.1) is 6.42 Å². The molecule has 0 saturated carbocycles. The van der Waals surface area contributed by atoms with E-state index < -0.39 is 18.0 Å². The van der Waals surface area contributed by atoms with E-state index in [-0.39, 0.29) is 12.3 Å². The lowest BCUT2D eigenvalue weighted by atomic mass is 10.0. The van der Waals surface area contributed by atoms with E-state index in [0.29, 0.717) is 6.42 Å². The van der Waals surface area contributed by atoms with Gasteiger partial charge in [-0.25, -0.2) is 4.79 Å². The number of fused-ring (bicyclic) bond motifs is 1. The normalized spacial score (nSPS) is 11.6. The Morgan fingerprint density at radius 2 is 1.60 bits per heavy atom. The predicted molar refractivity (Wildman–Crippen MR) is 116 cm³/mol. The molecule has 0 aliphatic heterocycles. The zero-order valence-corrected chi connectivity index (χ0v) is 16.7. The lowest BCUT2D eigenvalue weighted by Gasteiger charge is -2.27. The van der Waals surface area contributed by atoms with Crippen molar-refractivity contribution in [2.45, 2.75) is 18.9 Å². The number of benzene rings is 3. The third kappa shape index (κ3) is 5.44. The molecule has 1 radical (unpaired) electrons. The molecule has 0 bridgehead atoms. The number of hydrogen-bond donors (Lipinski definition) is 2. The number of urea groups is 1. The lowest BCUT2D eigenvalue weighted by Crippen LogP contribution is -2.51. The molecule has 30 heavy (non-hydrogen) atoms. The minimum atomic E-state index is -0.945. The molecule has 0 aromatic heterocycles. The van der Waals surface area contributed by atoms with E-state index >= 15 is 0 Å². The number of nitrogens with two attached hydrogens (primary N) is 1. The Morgan fingerprint density at radius 1 is 0.933 bits per heavy atom. The summed E-state index contributed by atoms with van der Waals surface area (Å²) in [6, 6.07) is 21.6. The number of likely N-dealkylation sites (N-methyl/N-ethyl adjacent to an activating group) is 1. The summed E-state index contributed by atoms with van der Waals surface area (Å²) >= 11 is 0. The molecule has 0 fully saturated rings. The van der Waals surface area contributed by atoms with E-state index in [1.807, 2.05) is 72.8 Å². The van der Waals surface area contributed by atoms with Crippen molar-refractivity contribution >= 4 is 28.6 Å². The van der Waals surface area contributed by atoms with Crippen LogP contribution in [0.3, 0.4) is 0 Å². The van der Waals surface area contributed by atoms with Gasteiger partial charge in [0.15, 0.2) is 0 Å². The molecule has 0 aliphatic carbocycles. The fourth-order valence-corrected chi connectivity index (χ4v) is 3.32. The maximum Gasteiger partial charge on any atom is 0.318 e.